The largest absolute Gasteiger partial charge is 0.435 e. The summed E-state index contributed by atoms with van der Waals surface area (Å²) < 4.78 is 20.8. The van der Waals surface area contributed by atoms with E-state index >= 15 is 0 Å². The number of amides is 3. The van der Waals surface area contributed by atoms with E-state index < -0.39 is 29.0 Å². The lowest BCUT2D eigenvalue weighted by Crippen LogP contribution is -2.44. The second kappa shape index (κ2) is 9.42. The highest BCUT2D eigenvalue weighted by atomic mass is 19.1. The van der Waals surface area contributed by atoms with Gasteiger partial charge >= 0.3 is 0 Å². The quantitative estimate of drug-likeness (QED) is 0.541. The molecule has 1 N–H and O–H groups in total. The molecule has 0 spiro atoms. The molecule has 0 saturated carbocycles. The number of halogens is 1. The fourth-order valence-corrected chi connectivity index (χ4v) is 5.15. The molecule has 190 valence electrons. The molecule has 8 heteroatoms. The molecule has 2 aliphatic heterocycles. The third-order valence-corrected chi connectivity index (χ3v) is 7.13. The van der Waals surface area contributed by atoms with Crippen LogP contribution >= 0.6 is 0 Å². The van der Waals surface area contributed by atoms with Crippen LogP contribution in [-0.2, 0) is 9.59 Å². The van der Waals surface area contributed by atoms with Gasteiger partial charge in [0, 0.05) is 48.2 Å². The van der Waals surface area contributed by atoms with Crippen LogP contribution in [0.4, 0.5) is 4.39 Å². The number of fused-ring (bicyclic) bond motifs is 2. The zero-order valence-corrected chi connectivity index (χ0v) is 21.0. The first-order chi connectivity index (χ1) is 17.7. The van der Waals surface area contributed by atoms with E-state index in [-0.39, 0.29) is 17.5 Å². The monoisotopic (exact) mass is 501 g/mol. The summed E-state index contributed by atoms with van der Waals surface area (Å²) in [6, 6.07) is 15.5. The van der Waals surface area contributed by atoms with E-state index in [4.69, 9.17) is 4.74 Å². The maximum Gasteiger partial charge on any atom is 0.253 e. The molecule has 1 saturated heterocycles. The number of benzene rings is 2. The molecule has 0 bridgehead atoms. The van der Waals surface area contributed by atoms with Crippen LogP contribution in [0.3, 0.4) is 0 Å². The van der Waals surface area contributed by atoms with Gasteiger partial charge < -0.3 is 9.64 Å². The van der Waals surface area contributed by atoms with Gasteiger partial charge in [0.15, 0.2) is 11.6 Å². The number of carbonyl (C=O) groups excluding carboxylic acids is 3. The van der Waals surface area contributed by atoms with Crippen molar-refractivity contribution >= 4 is 17.7 Å². The van der Waals surface area contributed by atoms with E-state index in [2.05, 4.69) is 10.3 Å². The molecule has 0 aliphatic carbocycles. The minimum atomic E-state index is -1.12. The molecular formula is C29H28FN3O4. The SMILES string of the molecule is CC(=O)NC(=O)C(C)(C)[C@@H]1c2ccc(-c3ccc(C(=O)N4CCCC4)cc3)nc2Oc2c(F)cccc21. The lowest BCUT2D eigenvalue weighted by molar-refractivity contribution is -0.135. The normalized spacial score (nSPS) is 16.4. The Bertz CT molecular complexity index is 1390. The van der Waals surface area contributed by atoms with Crippen molar-refractivity contribution in [3.05, 3.63) is 77.1 Å². The second-order valence-corrected chi connectivity index (χ2v) is 10.1. The van der Waals surface area contributed by atoms with Crippen molar-refractivity contribution in [2.75, 3.05) is 13.1 Å². The van der Waals surface area contributed by atoms with Gasteiger partial charge in [0.1, 0.15) is 0 Å². The highest BCUT2D eigenvalue weighted by Gasteiger charge is 2.45. The Labute approximate surface area is 214 Å². The van der Waals surface area contributed by atoms with Crippen molar-refractivity contribution in [1.29, 1.82) is 0 Å². The Morgan fingerprint density at radius 1 is 1.00 bits per heavy atom. The Hall–Kier alpha value is -4.07. The number of nitrogens with one attached hydrogen (secondary N) is 1. The average molecular weight is 502 g/mol. The van der Waals surface area contributed by atoms with E-state index in [9.17, 15) is 18.8 Å². The summed E-state index contributed by atoms with van der Waals surface area (Å²) in [5.74, 6) is -1.88. The molecule has 1 aromatic heterocycles. The van der Waals surface area contributed by atoms with Crippen molar-refractivity contribution in [1.82, 2.24) is 15.2 Å². The van der Waals surface area contributed by atoms with E-state index in [0.717, 1.165) is 31.5 Å². The van der Waals surface area contributed by atoms with Gasteiger partial charge in [-0.2, -0.15) is 0 Å². The number of para-hydroxylation sites is 1. The molecule has 5 rings (SSSR count). The maximum absolute atomic E-state index is 14.9. The Kier molecular flexibility index (Phi) is 6.27. The van der Waals surface area contributed by atoms with Gasteiger partial charge in [-0.1, -0.05) is 44.2 Å². The minimum Gasteiger partial charge on any atom is -0.435 e. The molecule has 0 unspecified atom stereocenters. The topological polar surface area (TPSA) is 88.6 Å². The summed E-state index contributed by atoms with van der Waals surface area (Å²) >= 11 is 0. The van der Waals surface area contributed by atoms with Crippen LogP contribution in [0.5, 0.6) is 11.6 Å². The number of carbonyl (C=O) groups is 3. The number of aromatic nitrogens is 1. The molecule has 3 aromatic rings. The third-order valence-electron chi connectivity index (χ3n) is 7.13. The van der Waals surface area contributed by atoms with E-state index in [1.165, 1.54) is 13.0 Å². The van der Waals surface area contributed by atoms with Gasteiger partial charge in [-0.15, -0.1) is 0 Å². The number of rotatable bonds is 4. The van der Waals surface area contributed by atoms with Crippen molar-refractivity contribution in [2.45, 2.75) is 39.5 Å². The molecule has 0 radical (unpaired) electrons. The van der Waals surface area contributed by atoms with E-state index in [1.54, 1.807) is 38.1 Å². The molecular weight excluding hydrogens is 473 g/mol. The van der Waals surface area contributed by atoms with Crippen LogP contribution in [0.15, 0.2) is 54.6 Å². The molecule has 37 heavy (non-hydrogen) atoms. The molecule has 1 atom stereocenters. The number of likely N-dealkylation sites (tertiary alicyclic amines) is 1. The molecule has 7 nitrogen and oxygen atoms in total. The number of ether oxygens (including phenoxy) is 1. The summed E-state index contributed by atoms with van der Waals surface area (Å²) in [7, 11) is 0. The molecule has 2 aliphatic rings. The summed E-state index contributed by atoms with van der Waals surface area (Å²) in [6.07, 6.45) is 2.06. The van der Waals surface area contributed by atoms with Crippen molar-refractivity contribution < 1.29 is 23.5 Å². The van der Waals surface area contributed by atoms with Gasteiger partial charge in [0.25, 0.3) is 5.91 Å². The molecule has 3 amide bonds. The van der Waals surface area contributed by atoms with Crippen molar-refractivity contribution in [3.8, 4) is 22.9 Å². The zero-order valence-electron chi connectivity index (χ0n) is 21.0. The first-order valence-electron chi connectivity index (χ1n) is 12.4. The highest BCUT2D eigenvalue weighted by Crippen LogP contribution is 2.52. The van der Waals surface area contributed by atoms with Gasteiger partial charge in [0.05, 0.1) is 11.1 Å². The van der Waals surface area contributed by atoms with Crippen LogP contribution in [0.25, 0.3) is 11.3 Å². The summed E-state index contributed by atoms with van der Waals surface area (Å²) in [5, 5.41) is 2.36. The smallest absolute Gasteiger partial charge is 0.253 e. The predicted octanol–water partition coefficient (Wildman–Crippen LogP) is 5.05. The third kappa shape index (κ3) is 4.48. The van der Waals surface area contributed by atoms with E-state index in [1.807, 2.05) is 29.2 Å². The Morgan fingerprint density at radius 3 is 2.38 bits per heavy atom. The van der Waals surface area contributed by atoms with Crippen LogP contribution < -0.4 is 10.1 Å². The highest BCUT2D eigenvalue weighted by molar-refractivity contribution is 5.97. The number of hydrogen-bond acceptors (Lipinski definition) is 5. The van der Waals surface area contributed by atoms with Crippen molar-refractivity contribution in [3.63, 3.8) is 0 Å². The number of pyridine rings is 1. The number of nitrogens with zero attached hydrogens (tertiary/aromatic N) is 2. The summed E-state index contributed by atoms with van der Waals surface area (Å²) in [6.45, 7) is 6.26. The molecule has 1 fully saturated rings. The van der Waals surface area contributed by atoms with Crippen LogP contribution in [0, 0.1) is 11.2 Å². The second-order valence-electron chi connectivity index (χ2n) is 10.1. The minimum absolute atomic E-state index is 0.0138. The number of hydrogen-bond donors (Lipinski definition) is 1. The fourth-order valence-electron chi connectivity index (χ4n) is 5.15. The van der Waals surface area contributed by atoms with Crippen molar-refractivity contribution in [2.24, 2.45) is 5.41 Å². The summed E-state index contributed by atoms with van der Waals surface area (Å²) in [4.78, 5) is 43.9. The lowest BCUT2D eigenvalue weighted by Gasteiger charge is -2.37. The van der Waals surface area contributed by atoms with E-state index in [0.29, 0.717) is 22.4 Å². The average Bonchev–Trinajstić information content (AvgIpc) is 3.42. The zero-order chi connectivity index (χ0) is 26.3. The van der Waals surface area contributed by atoms with Gasteiger partial charge in [-0.05, 0) is 37.1 Å². The first-order valence-corrected chi connectivity index (χ1v) is 12.4. The van der Waals surface area contributed by atoms with Gasteiger partial charge in [-0.25, -0.2) is 9.37 Å². The van der Waals surface area contributed by atoms with Gasteiger partial charge in [0.2, 0.25) is 17.7 Å². The first kappa shape index (κ1) is 24.6. The van der Waals surface area contributed by atoms with Crippen LogP contribution in [-0.4, -0.2) is 40.7 Å². The predicted molar refractivity (Wildman–Crippen MR) is 136 cm³/mol. The Balaban J connectivity index is 1.52. The summed E-state index contributed by atoms with van der Waals surface area (Å²) in [5.41, 5.74) is 1.99. The maximum atomic E-state index is 14.9. The molecule has 3 heterocycles. The molecule has 2 aromatic carbocycles. The van der Waals surface area contributed by atoms with Crippen LogP contribution in [0.1, 0.15) is 61.0 Å². The van der Waals surface area contributed by atoms with Crippen LogP contribution in [0.2, 0.25) is 0 Å². The van der Waals surface area contributed by atoms with Gasteiger partial charge in [-0.3, -0.25) is 19.7 Å². The Morgan fingerprint density at radius 2 is 1.70 bits per heavy atom. The number of imide groups is 1. The fraction of sp³-hybridized carbons (Fsp3) is 0.310. The lowest BCUT2D eigenvalue weighted by atomic mass is 9.69. The standard InChI is InChI=1S/C29H28FN3O4/c1-17(34)31-28(36)29(2,3)24-20-7-6-8-22(30)25(20)37-26-21(24)13-14-23(32-26)18-9-11-19(12-10-18)27(35)33-15-4-5-16-33/h6-14,24H,4-5,15-16H2,1-3H3,(H,31,34,36)/t24-/m0/s1.